The molecule has 26 heavy (non-hydrogen) atoms. The van der Waals surface area contributed by atoms with Gasteiger partial charge in [-0.3, -0.25) is 0 Å². The van der Waals surface area contributed by atoms with Gasteiger partial charge in [0.1, 0.15) is 11.1 Å². The number of aromatic nitrogens is 1. The minimum atomic E-state index is 0.256. The fourth-order valence-electron chi connectivity index (χ4n) is 3.16. The van der Waals surface area contributed by atoms with Gasteiger partial charge in [0.05, 0.1) is 22.9 Å². The van der Waals surface area contributed by atoms with Crippen LogP contribution in [0.2, 0.25) is 0 Å². The van der Waals surface area contributed by atoms with E-state index in [0.29, 0.717) is 16.8 Å². The molecule has 0 saturated carbocycles. The van der Waals surface area contributed by atoms with Crippen LogP contribution in [0.5, 0.6) is 0 Å². The Morgan fingerprint density at radius 1 is 1.00 bits per heavy atom. The highest BCUT2D eigenvalue weighted by atomic mass is 32.1. The predicted octanol–water partition coefficient (Wildman–Crippen LogP) is 4.05. The van der Waals surface area contributed by atoms with Gasteiger partial charge in [-0.05, 0) is 29.7 Å². The van der Waals surface area contributed by atoms with Crippen LogP contribution in [-0.4, -0.2) is 9.56 Å². The molecular weight excluding hydrogens is 340 g/mol. The Balaban J connectivity index is 2.17. The molecule has 2 N–H and O–H groups in total. The van der Waals surface area contributed by atoms with Crippen molar-refractivity contribution >= 4 is 17.2 Å². The van der Waals surface area contributed by atoms with Gasteiger partial charge in [0.15, 0.2) is 0 Å². The van der Waals surface area contributed by atoms with E-state index in [9.17, 15) is 10.5 Å². The molecule has 0 amide bonds. The number of nitrogens with two attached hydrogens (primary N) is 1. The molecule has 2 aromatic carbocycles. The average molecular weight is 356 g/mol. The van der Waals surface area contributed by atoms with Gasteiger partial charge < -0.3 is 10.3 Å². The monoisotopic (exact) mass is 356 g/mol. The Labute approximate surface area is 157 Å². The molecule has 0 aliphatic heterocycles. The lowest BCUT2D eigenvalue weighted by Gasteiger charge is -2.09. The number of benzene rings is 2. The molecule has 0 bridgehead atoms. The molecular formula is C21H16N4S. The van der Waals surface area contributed by atoms with Crippen molar-refractivity contribution in [3.05, 3.63) is 71.0 Å². The van der Waals surface area contributed by atoms with E-state index >= 15 is 0 Å². The van der Waals surface area contributed by atoms with Crippen molar-refractivity contribution in [1.29, 1.82) is 10.5 Å². The molecule has 0 spiro atoms. The van der Waals surface area contributed by atoms with Gasteiger partial charge in [-0.1, -0.05) is 54.7 Å². The summed E-state index contributed by atoms with van der Waals surface area (Å²) in [5.74, 6) is 0. The molecule has 4 nitrogen and oxygen atoms in total. The summed E-state index contributed by atoms with van der Waals surface area (Å²) >= 11 is 5.20. The number of rotatable bonds is 3. The molecule has 3 rings (SSSR count). The first-order valence-corrected chi connectivity index (χ1v) is 8.39. The van der Waals surface area contributed by atoms with Crippen molar-refractivity contribution in [2.24, 2.45) is 12.8 Å². The highest BCUT2D eigenvalue weighted by molar-refractivity contribution is 7.80. The van der Waals surface area contributed by atoms with Crippen molar-refractivity contribution in [3.63, 3.8) is 0 Å². The molecule has 0 fully saturated rings. The third-order valence-electron chi connectivity index (χ3n) is 4.56. The Bertz CT molecular complexity index is 1090. The first kappa shape index (κ1) is 17.4. The summed E-state index contributed by atoms with van der Waals surface area (Å²) in [7, 11) is 1.85. The van der Waals surface area contributed by atoms with Crippen LogP contribution in [0, 0.1) is 29.6 Å². The summed E-state index contributed by atoms with van der Waals surface area (Å²) in [6, 6.07) is 19.7. The quantitative estimate of drug-likeness (QED) is 0.718. The maximum absolute atomic E-state index is 9.60. The number of thiocarbonyl (C=S) groups is 1. The van der Waals surface area contributed by atoms with E-state index in [1.807, 2.05) is 61.0 Å². The second-order valence-electron chi connectivity index (χ2n) is 5.95. The normalized spacial score (nSPS) is 10.2. The topological polar surface area (TPSA) is 78.5 Å². The van der Waals surface area contributed by atoms with Crippen LogP contribution >= 0.6 is 12.2 Å². The van der Waals surface area contributed by atoms with Gasteiger partial charge in [0.2, 0.25) is 0 Å². The Morgan fingerprint density at radius 3 is 2.19 bits per heavy atom. The molecule has 1 heterocycles. The summed E-state index contributed by atoms with van der Waals surface area (Å²) < 4.78 is 1.86. The highest BCUT2D eigenvalue weighted by Crippen LogP contribution is 2.33. The predicted molar refractivity (Wildman–Crippen MR) is 106 cm³/mol. The van der Waals surface area contributed by atoms with Crippen molar-refractivity contribution in [2.75, 3.05) is 0 Å². The highest BCUT2D eigenvalue weighted by Gasteiger charge is 2.21. The second kappa shape index (κ2) is 6.84. The minimum Gasteiger partial charge on any atom is -0.388 e. The lowest BCUT2D eigenvalue weighted by atomic mass is 9.96. The fraction of sp³-hybridized carbons (Fsp3) is 0.0952. The van der Waals surface area contributed by atoms with E-state index < -0.39 is 0 Å². The van der Waals surface area contributed by atoms with Gasteiger partial charge in [-0.15, -0.1) is 0 Å². The lowest BCUT2D eigenvalue weighted by Crippen LogP contribution is -2.15. The molecule has 0 aliphatic rings. The van der Waals surface area contributed by atoms with Crippen LogP contribution in [0.4, 0.5) is 0 Å². The molecule has 0 unspecified atom stereocenters. The largest absolute Gasteiger partial charge is 0.388 e. The molecule has 3 aromatic rings. The molecule has 126 valence electrons. The summed E-state index contributed by atoms with van der Waals surface area (Å²) in [5.41, 5.74) is 12.0. The first-order valence-electron chi connectivity index (χ1n) is 7.98. The van der Waals surface area contributed by atoms with Gasteiger partial charge in [-0.2, -0.15) is 10.5 Å². The Kier molecular flexibility index (Phi) is 4.58. The van der Waals surface area contributed by atoms with Crippen molar-refractivity contribution in [3.8, 4) is 34.4 Å². The maximum atomic E-state index is 9.60. The van der Waals surface area contributed by atoms with Crippen LogP contribution in [0.3, 0.4) is 0 Å². The van der Waals surface area contributed by atoms with Crippen LogP contribution in [0.15, 0.2) is 48.5 Å². The third-order valence-corrected chi connectivity index (χ3v) is 4.76. The molecule has 0 saturated heterocycles. The van der Waals surface area contributed by atoms with E-state index in [0.717, 1.165) is 27.9 Å². The number of hydrogen-bond donors (Lipinski definition) is 1. The summed E-state index contributed by atoms with van der Waals surface area (Å²) in [4.78, 5) is 0.256. The SMILES string of the molecule is Cc1c(C#N)c(-c2ccc(-c3ccccc3C#N)cc2)c(C(N)=S)n1C. The van der Waals surface area contributed by atoms with Crippen molar-refractivity contribution in [2.45, 2.75) is 6.92 Å². The average Bonchev–Trinajstić information content (AvgIpc) is 2.92. The molecule has 0 atom stereocenters. The molecule has 0 aliphatic carbocycles. The van der Waals surface area contributed by atoms with Crippen LogP contribution in [0.25, 0.3) is 22.3 Å². The second-order valence-corrected chi connectivity index (χ2v) is 6.39. The van der Waals surface area contributed by atoms with E-state index in [4.69, 9.17) is 18.0 Å². The summed E-state index contributed by atoms with van der Waals surface area (Å²) in [6.45, 7) is 1.88. The van der Waals surface area contributed by atoms with Crippen molar-refractivity contribution in [1.82, 2.24) is 4.57 Å². The van der Waals surface area contributed by atoms with E-state index in [1.54, 1.807) is 6.07 Å². The van der Waals surface area contributed by atoms with E-state index in [1.165, 1.54) is 0 Å². The first-order chi connectivity index (χ1) is 12.5. The number of nitrogens with zero attached hydrogens (tertiary/aromatic N) is 3. The van der Waals surface area contributed by atoms with Gasteiger partial charge in [-0.25, -0.2) is 0 Å². The minimum absolute atomic E-state index is 0.256. The molecule has 0 radical (unpaired) electrons. The van der Waals surface area contributed by atoms with Gasteiger partial charge in [0.25, 0.3) is 0 Å². The smallest absolute Gasteiger partial charge is 0.121 e. The van der Waals surface area contributed by atoms with Gasteiger partial charge in [0, 0.05) is 18.3 Å². The molecule has 5 heteroatoms. The van der Waals surface area contributed by atoms with Crippen LogP contribution in [0.1, 0.15) is 22.5 Å². The maximum Gasteiger partial charge on any atom is 0.121 e. The summed E-state index contributed by atoms with van der Waals surface area (Å²) in [6.07, 6.45) is 0. The van der Waals surface area contributed by atoms with Crippen LogP contribution < -0.4 is 5.73 Å². The molecule has 1 aromatic heterocycles. The zero-order chi connectivity index (χ0) is 18.8. The number of hydrogen-bond acceptors (Lipinski definition) is 3. The lowest BCUT2D eigenvalue weighted by molar-refractivity contribution is 0.871. The Hall–Kier alpha value is -3.41. The zero-order valence-corrected chi connectivity index (χ0v) is 15.3. The summed E-state index contributed by atoms with van der Waals surface area (Å²) in [5, 5.41) is 18.9. The number of nitriles is 2. The zero-order valence-electron chi connectivity index (χ0n) is 14.4. The van der Waals surface area contributed by atoms with Gasteiger partial charge >= 0.3 is 0 Å². The van der Waals surface area contributed by atoms with Crippen LogP contribution in [-0.2, 0) is 7.05 Å². The standard InChI is InChI=1S/C21H16N4S/c1-13-18(12-23)19(20(21(24)26)25(13)2)15-9-7-14(8-10-15)17-6-4-3-5-16(17)11-22/h3-10H,1-2H3,(H2,24,26). The Morgan fingerprint density at radius 2 is 1.62 bits per heavy atom. The third kappa shape index (κ3) is 2.75. The van der Waals surface area contributed by atoms with E-state index in [2.05, 4.69) is 12.1 Å². The van der Waals surface area contributed by atoms with Crippen molar-refractivity contribution < 1.29 is 0 Å². The fourth-order valence-corrected chi connectivity index (χ4v) is 3.40. The van der Waals surface area contributed by atoms with E-state index in [-0.39, 0.29) is 4.99 Å².